The number of nitrogens with zero attached hydrogens (tertiary/aromatic N) is 1. The van der Waals surface area contributed by atoms with Gasteiger partial charge < -0.3 is 15.0 Å². The van der Waals surface area contributed by atoms with Gasteiger partial charge in [0.1, 0.15) is 0 Å². The third kappa shape index (κ3) is 2.71. The van der Waals surface area contributed by atoms with Crippen LogP contribution in [0.3, 0.4) is 0 Å². The molecule has 0 saturated carbocycles. The molecule has 1 saturated heterocycles. The van der Waals surface area contributed by atoms with Gasteiger partial charge in [-0.25, -0.2) is 9.18 Å². The summed E-state index contributed by atoms with van der Waals surface area (Å²) in [6.45, 7) is 2.27. The Kier molecular flexibility index (Phi) is 3.38. The molecule has 5 nitrogen and oxygen atoms in total. The summed E-state index contributed by atoms with van der Waals surface area (Å²) in [5, 5.41) is 2.41. The van der Waals surface area contributed by atoms with E-state index in [0.29, 0.717) is 0 Å². The number of rotatable bonds is 2. The first-order chi connectivity index (χ1) is 6.88. The van der Waals surface area contributed by atoms with Gasteiger partial charge >= 0.3 is 6.09 Å². The molecule has 86 valence electrons. The predicted octanol–water partition coefficient (Wildman–Crippen LogP) is 0.478. The molecular weight excluding hydrogens is 227 g/mol. The van der Waals surface area contributed by atoms with Gasteiger partial charge in [-0.3, -0.25) is 4.79 Å². The molecule has 1 fully saturated rings. The molecule has 1 N–H and O–H groups in total. The van der Waals surface area contributed by atoms with E-state index < -0.39 is 23.2 Å². The second-order valence-corrected chi connectivity index (χ2v) is 4.06. The number of nitrogens with one attached hydrogen (secondary N) is 1. The minimum atomic E-state index is -2.06. The molecular formula is C8H12ClFN2O3. The van der Waals surface area contributed by atoms with E-state index in [-0.39, 0.29) is 13.1 Å². The van der Waals surface area contributed by atoms with Gasteiger partial charge in [0.05, 0.1) is 12.6 Å². The number of halogens is 2. The van der Waals surface area contributed by atoms with Crippen LogP contribution in [0.1, 0.15) is 6.92 Å². The van der Waals surface area contributed by atoms with Crippen molar-refractivity contribution < 1.29 is 18.7 Å². The molecule has 0 bridgehead atoms. The molecule has 0 aromatic carbocycles. The lowest BCUT2D eigenvalue weighted by atomic mass is 9.93. The highest BCUT2D eigenvalue weighted by Crippen LogP contribution is 2.21. The van der Waals surface area contributed by atoms with E-state index in [1.807, 2.05) is 0 Å². The number of methoxy groups -OCH3 is 1. The quantitative estimate of drug-likeness (QED) is 0.712. The van der Waals surface area contributed by atoms with Crippen LogP contribution < -0.4 is 5.32 Å². The second kappa shape index (κ2) is 4.22. The van der Waals surface area contributed by atoms with Crippen molar-refractivity contribution in [2.75, 3.05) is 20.2 Å². The van der Waals surface area contributed by atoms with Gasteiger partial charge in [-0.15, -0.1) is 0 Å². The number of ether oxygens (including phenoxy) is 1. The van der Waals surface area contributed by atoms with E-state index in [4.69, 9.17) is 11.6 Å². The smallest absolute Gasteiger partial charge is 0.409 e. The fourth-order valence-corrected chi connectivity index (χ4v) is 1.54. The maximum absolute atomic E-state index is 12.4. The molecule has 1 unspecified atom stereocenters. The number of carbonyl (C=O) groups excluding carboxylic acids is 2. The molecule has 1 atom stereocenters. The molecule has 2 amide bonds. The van der Waals surface area contributed by atoms with Crippen molar-refractivity contribution in [3.8, 4) is 0 Å². The average Bonchev–Trinajstić information content (AvgIpc) is 2.12. The topological polar surface area (TPSA) is 58.6 Å². The minimum Gasteiger partial charge on any atom is -0.453 e. The lowest BCUT2D eigenvalue weighted by molar-refractivity contribution is -0.127. The van der Waals surface area contributed by atoms with E-state index in [1.54, 1.807) is 6.92 Å². The van der Waals surface area contributed by atoms with Crippen molar-refractivity contribution in [2.24, 2.45) is 0 Å². The van der Waals surface area contributed by atoms with Gasteiger partial charge in [-0.1, -0.05) is 11.6 Å². The van der Waals surface area contributed by atoms with Crippen LogP contribution in [0.4, 0.5) is 9.18 Å². The van der Waals surface area contributed by atoms with Crippen molar-refractivity contribution in [3.63, 3.8) is 0 Å². The Balaban J connectivity index is 2.41. The van der Waals surface area contributed by atoms with Gasteiger partial charge in [0.2, 0.25) is 0 Å². The molecule has 1 aliphatic rings. The van der Waals surface area contributed by atoms with Gasteiger partial charge in [0.25, 0.3) is 11.5 Å². The van der Waals surface area contributed by atoms with E-state index in [0.717, 1.165) is 0 Å². The third-order valence-corrected chi connectivity index (χ3v) is 2.33. The SMILES string of the molecule is COC(=O)N1CC(C)(NC(=O)C(F)Cl)C1. The summed E-state index contributed by atoms with van der Waals surface area (Å²) in [5.41, 5.74) is -2.68. The van der Waals surface area contributed by atoms with Gasteiger partial charge in [-0.05, 0) is 6.92 Å². The molecule has 0 spiro atoms. The maximum atomic E-state index is 12.4. The Hall–Kier alpha value is -1.04. The summed E-state index contributed by atoms with van der Waals surface area (Å²) in [5.74, 6) is -0.885. The third-order valence-electron chi connectivity index (χ3n) is 2.14. The van der Waals surface area contributed by atoms with Crippen LogP contribution >= 0.6 is 11.6 Å². The van der Waals surface area contributed by atoms with Crippen LogP contribution in [0.25, 0.3) is 0 Å². The van der Waals surface area contributed by atoms with Gasteiger partial charge in [0.15, 0.2) is 0 Å². The largest absolute Gasteiger partial charge is 0.453 e. The highest BCUT2D eigenvalue weighted by Gasteiger charge is 2.43. The summed E-state index contributed by atoms with van der Waals surface area (Å²) < 4.78 is 16.8. The second-order valence-electron chi connectivity index (χ2n) is 3.68. The molecule has 0 radical (unpaired) electrons. The fraction of sp³-hybridized carbons (Fsp3) is 0.750. The first kappa shape index (κ1) is 12.0. The standard InChI is InChI=1S/C8H12ClFN2O3/c1-8(11-6(13)5(9)10)3-12(4-8)7(14)15-2/h5H,3-4H2,1-2H3,(H,11,13). The summed E-state index contributed by atoms with van der Waals surface area (Å²) in [7, 11) is 1.27. The Morgan fingerprint density at radius 2 is 2.13 bits per heavy atom. The zero-order valence-corrected chi connectivity index (χ0v) is 9.18. The molecule has 0 aromatic heterocycles. The highest BCUT2D eigenvalue weighted by molar-refractivity contribution is 6.29. The molecule has 7 heteroatoms. The fourth-order valence-electron chi connectivity index (χ4n) is 1.49. The maximum Gasteiger partial charge on any atom is 0.409 e. The zero-order valence-electron chi connectivity index (χ0n) is 8.42. The van der Waals surface area contributed by atoms with Crippen LogP contribution in [0, 0.1) is 0 Å². The molecule has 1 rings (SSSR count). The van der Waals surface area contributed by atoms with Crippen LogP contribution in [-0.4, -0.2) is 48.3 Å². The van der Waals surface area contributed by atoms with E-state index in [9.17, 15) is 14.0 Å². The number of hydrogen-bond acceptors (Lipinski definition) is 3. The molecule has 1 aliphatic heterocycles. The monoisotopic (exact) mass is 238 g/mol. The van der Waals surface area contributed by atoms with Crippen molar-refractivity contribution in [1.29, 1.82) is 0 Å². The lowest BCUT2D eigenvalue weighted by Crippen LogP contribution is -2.70. The first-order valence-electron chi connectivity index (χ1n) is 4.31. The number of hydrogen-bond donors (Lipinski definition) is 1. The minimum absolute atomic E-state index is 0.287. The number of amides is 2. The molecule has 1 heterocycles. The van der Waals surface area contributed by atoms with Crippen molar-refractivity contribution in [1.82, 2.24) is 10.2 Å². The normalized spacial score (nSPS) is 20.1. The summed E-state index contributed by atoms with van der Waals surface area (Å²) in [6, 6.07) is 0. The Morgan fingerprint density at radius 1 is 1.60 bits per heavy atom. The van der Waals surface area contributed by atoms with E-state index in [2.05, 4.69) is 10.1 Å². The number of alkyl halides is 2. The van der Waals surface area contributed by atoms with Crippen molar-refractivity contribution in [2.45, 2.75) is 18.1 Å². The van der Waals surface area contributed by atoms with Crippen LogP contribution in [-0.2, 0) is 9.53 Å². The summed E-state index contributed by atoms with van der Waals surface area (Å²) in [6.07, 6.45) is -0.468. The highest BCUT2D eigenvalue weighted by atomic mass is 35.5. The van der Waals surface area contributed by atoms with Gasteiger partial charge in [-0.2, -0.15) is 0 Å². The van der Waals surface area contributed by atoms with E-state index in [1.165, 1.54) is 12.0 Å². The van der Waals surface area contributed by atoms with Gasteiger partial charge in [0, 0.05) is 13.1 Å². The van der Waals surface area contributed by atoms with E-state index >= 15 is 0 Å². The molecule has 0 aromatic rings. The van der Waals surface area contributed by atoms with Crippen LogP contribution in [0.2, 0.25) is 0 Å². The summed E-state index contributed by atoms with van der Waals surface area (Å²) >= 11 is 4.96. The van der Waals surface area contributed by atoms with Crippen molar-refractivity contribution in [3.05, 3.63) is 0 Å². The zero-order chi connectivity index (χ0) is 11.6. The lowest BCUT2D eigenvalue weighted by Gasteiger charge is -2.47. The molecule has 15 heavy (non-hydrogen) atoms. The Labute approximate surface area is 91.5 Å². The first-order valence-corrected chi connectivity index (χ1v) is 4.75. The summed E-state index contributed by atoms with van der Waals surface area (Å²) in [4.78, 5) is 23.3. The number of carbonyl (C=O) groups is 2. The van der Waals surface area contributed by atoms with Crippen molar-refractivity contribution >= 4 is 23.6 Å². The Morgan fingerprint density at radius 3 is 2.53 bits per heavy atom. The van der Waals surface area contributed by atoms with Crippen LogP contribution in [0.5, 0.6) is 0 Å². The predicted molar refractivity (Wildman–Crippen MR) is 51.3 cm³/mol. The average molecular weight is 239 g/mol. The van der Waals surface area contributed by atoms with Crippen LogP contribution in [0.15, 0.2) is 0 Å². The molecule has 0 aliphatic carbocycles. The number of likely N-dealkylation sites (tertiary alicyclic amines) is 1. The Bertz CT molecular complexity index is 279.